The van der Waals surface area contributed by atoms with E-state index in [-0.39, 0.29) is 0 Å². The van der Waals surface area contributed by atoms with Gasteiger partial charge in [0.15, 0.2) is 0 Å². The number of fused-ring (bicyclic) bond motifs is 5. The molecule has 0 spiro atoms. The highest BCUT2D eigenvalue weighted by Gasteiger charge is 2.24. The molecule has 25 heavy (non-hydrogen) atoms. The van der Waals surface area contributed by atoms with E-state index in [1.54, 1.807) is 0 Å². The predicted octanol–water partition coefficient (Wildman–Crippen LogP) is 6.54. The Balaban J connectivity index is 1.92. The highest BCUT2D eigenvalue weighted by molar-refractivity contribution is 6.22. The van der Waals surface area contributed by atoms with Gasteiger partial charge in [0.25, 0.3) is 0 Å². The average molecular weight is 321 g/mol. The van der Waals surface area contributed by atoms with E-state index in [1.807, 2.05) is 0 Å². The Morgan fingerprint density at radius 3 is 2.48 bits per heavy atom. The van der Waals surface area contributed by atoms with Crippen molar-refractivity contribution in [2.24, 2.45) is 0 Å². The molecule has 5 rings (SSSR count). The summed E-state index contributed by atoms with van der Waals surface area (Å²) < 4.78 is 0. The number of allylic oxidation sites excluding steroid dienone is 2. The summed E-state index contributed by atoms with van der Waals surface area (Å²) in [5.41, 5.74) is 7.54. The van der Waals surface area contributed by atoms with Crippen molar-refractivity contribution in [2.45, 2.75) is 20.3 Å². The van der Waals surface area contributed by atoms with Crippen LogP contribution in [0.2, 0.25) is 0 Å². The Morgan fingerprint density at radius 2 is 1.64 bits per heavy atom. The van der Waals surface area contributed by atoms with Gasteiger partial charge in [0, 0.05) is 28.6 Å². The second-order valence-corrected chi connectivity index (χ2v) is 7.06. The second kappa shape index (κ2) is 5.29. The summed E-state index contributed by atoms with van der Waals surface area (Å²) in [7, 11) is 0. The van der Waals surface area contributed by atoms with Gasteiger partial charge in [-0.3, -0.25) is 4.98 Å². The van der Waals surface area contributed by atoms with Crippen LogP contribution in [-0.2, 0) is 6.42 Å². The van der Waals surface area contributed by atoms with E-state index in [2.05, 4.69) is 80.6 Å². The number of rotatable bonds is 2. The first kappa shape index (κ1) is 14.4. The van der Waals surface area contributed by atoms with Crippen molar-refractivity contribution in [2.75, 3.05) is 0 Å². The topological polar surface area (TPSA) is 12.9 Å². The summed E-state index contributed by atoms with van der Waals surface area (Å²) in [5, 5.41) is 5.22. The molecule has 0 amide bonds. The highest BCUT2D eigenvalue weighted by Crippen LogP contribution is 2.49. The zero-order valence-corrected chi connectivity index (χ0v) is 14.5. The third-order valence-electron chi connectivity index (χ3n) is 5.07. The van der Waals surface area contributed by atoms with E-state index in [0.29, 0.717) is 0 Å². The van der Waals surface area contributed by atoms with Gasteiger partial charge in [0.2, 0.25) is 0 Å². The first-order chi connectivity index (χ1) is 12.2. The molecule has 1 heterocycles. The van der Waals surface area contributed by atoms with Crippen molar-refractivity contribution >= 4 is 21.5 Å². The van der Waals surface area contributed by atoms with Crippen LogP contribution in [0, 0.1) is 0 Å². The van der Waals surface area contributed by atoms with Crippen molar-refractivity contribution < 1.29 is 0 Å². The molecule has 0 N–H and O–H groups in total. The van der Waals surface area contributed by atoms with Gasteiger partial charge in [-0.25, -0.2) is 0 Å². The molecular weight excluding hydrogens is 302 g/mol. The zero-order chi connectivity index (χ0) is 17.0. The fourth-order valence-electron chi connectivity index (χ4n) is 3.95. The number of hydrogen-bond donors (Lipinski definition) is 0. The maximum absolute atomic E-state index is 5.05. The van der Waals surface area contributed by atoms with Gasteiger partial charge in [0.05, 0.1) is 5.69 Å². The van der Waals surface area contributed by atoms with Gasteiger partial charge in [-0.15, -0.1) is 0 Å². The van der Waals surface area contributed by atoms with E-state index >= 15 is 0 Å². The SMILES string of the molecule is CC(C)=CCc1cc2cc3ccccc3c3c2c(n1)-c1ccccc1-3. The lowest BCUT2D eigenvalue weighted by atomic mass is 9.96. The van der Waals surface area contributed by atoms with Crippen molar-refractivity contribution in [1.29, 1.82) is 0 Å². The van der Waals surface area contributed by atoms with Crippen LogP contribution in [-0.4, -0.2) is 4.98 Å². The molecule has 0 unspecified atom stereocenters. The lowest BCUT2D eigenvalue weighted by Gasteiger charge is -2.09. The van der Waals surface area contributed by atoms with E-state index in [4.69, 9.17) is 4.98 Å². The van der Waals surface area contributed by atoms with Gasteiger partial charge in [-0.2, -0.15) is 0 Å². The molecule has 0 aliphatic heterocycles. The standard InChI is InChI=1S/C24H19N/c1-15(2)11-12-18-14-17-13-16-7-3-4-8-19(16)23-20-9-5-6-10-21(20)24(25-18)22(17)23/h3-11,13-14H,12H2,1-2H3. The highest BCUT2D eigenvalue weighted by atomic mass is 14.7. The van der Waals surface area contributed by atoms with Gasteiger partial charge in [0.1, 0.15) is 0 Å². The third kappa shape index (κ3) is 2.12. The Bertz CT molecular complexity index is 1180. The first-order valence-electron chi connectivity index (χ1n) is 8.81. The van der Waals surface area contributed by atoms with E-state index in [0.717, 1.165) is 17.8 Å². The first-order valence-corrected chi connectivity index (χ1v) is 8.81. The largest absolute Gasteiger partial charge is 0.252 e. The molecular formula is C24H19N. The van der Waals surface area contributed by atoms with Crippen molar-refractivity contribution in [3.05, 3.63) is 78.0 Å². The van der Waals surface area contributed by atoms with Crippen LogP contribution in [0.1, 0.15) is 19.5 Å². The van der Waals surface area contributed by atoms with E-state index in [9.17, 15) is 0 Å². The summed E-state index contributed by atoms with van der Waals surface area (Å²) in [4.78, 5) is 5.05. The molecule has 0 bridgehead atoms. The maximum atomic E-state index is 5.05. The molecule has 1 nitrogen and oxygen atoms in total. The van der Waals surface area contributed by atoms with Gasteiger partial charge >= 0.3 is 0 Å². The van der Waals surface area contributed by atoms with Crippen LogP contribution in [0.25, 0.3) is 43.9 Å². The number of hydrogen-bond acceptors (Lipinski definition) is 1. The fraction of sp³-hybridized carbons (Fsp3) is 0.125. The lowest BCUT2D eigenvalue weighted by Crippen LogP contribution is -1.92. The summed E-state index contributed by atoms with van der Waals surface area (Å²) >= 11 is 0. The summed E-state index contributed by atoms with van der Waals surface area (Å²) in [6.07, 6.45) is 3.14. The maximum Gasteiger partial charge on any atom is 0.0796 e. The predicted molar refractivity (Wildman–Crippen MR) is 107 cm³/mol. The molecule has 1 heteroatoms. The quantitative estimate of drug-likeness (QED) is 0.265. The van der Waals surface area contributed by atoms with E-state index < -0.39 is 0 Å². The van der Waals surface area contributed by atoms with Crippen molar-refractivity contribution in [3.63, 3.8) is 0 Å². The molecule has 0 radical (unpaired) electrons. The monoisotopic (exact) mass is 321 g/mol. The van der Waals surface area contributed by atoms with Crippen LogP contribution in [0.3, 0.4) is 0 Å². The smallest absolute Gasteiger partial charge is 0.0796 e. The van der Waals surface area contributed by atoms with E-state index in [1.165, 1.54) is 43.8 Å². The third-order valence-corrected chi connectivity index (χ3v) is 5.07. The zero-order valence-electron chi connectivity index (χ0n) is 14.5. The molecule has 4 aromatic rings. The Kier molecular flexibility index (Phi) is 3.05. The lowest BCUT2D eigenvalue weighted by molar-refractivity contribution is 1.11. The van der Waals surface area contributed by atoms with Crippen LogP contribution < -0.4 is 0 Å². The minimum absolute atomic E-state index is 0.885. The molecule has 0 fully saturated rings. The second-order valence-electron chi connectivity index (χ2n) is 7.06. The van der Waals surface area contributed by atoms with Crippen LogP contribution in [0.4, 0.5) is 0 Å². The summed E-state index contributed by atoms with van der Waals surface area (Å²) in [6, 6.07) is 21.9. The summed E-state index contributed by atoms with van der Waals surface area (Å²) in [6.45, 7) is 4.28. The average Bonchev–Trinajstić information content (AvgIpc) is 2.96. The number of aromatic nitrogens is 1. The minimum atomic E-state index is 0.885. The van der Waals surface area contributed by atoms with Crippen LogP contribution in [0.5, 0.6) is 0 Å². The molecule has 1 aromatic heterocycles. The van der Waals surface area contributed by atoms with Crippen molar-refractivity contribution in [3.8, 4) is 22.4 Å². The molecule has 0 saturated carbocycles. The van der Waals surface area contributed by atoms with Gasteiger partial charge in [-0.05, 0) is 47.7 Å². The van der Waals surface area contributed by atoms with Crippen LogP contribution >= 0.6 is 0 Å². The molecule has 1 aliphatic carbocycles. The van der Waals surface area contributed by atoms with Crippen molar-refractivity contribution in [1.82, 2.24) is 4.98 Å². The summed E-state index contributed by atoms with van der Waals surface area (Å²) in [5.74, 6) is 0. The Labute approximate surface area is 147 Å². The minimum Gasteiger partial charge on any atom is -0.252 e. The molecule has 3 aromatic carbocycles. The number of nitrogens with zero attached hydrogens (tertiary/aromatic N) is 1. The fourth-order valence-corrected chi connectivity index (χ4v) is 3.95. The Morgan fingerprint density at radius 1 is 0.880 bits per heavy atom. The van der Waals surface area contributed by atoms with Crippen LogP contribution in [0.15, 0.2) is 72.3 Å². The normalized spacial score (nSPS) is 11.8. The molecule has 0 saturated heterocycles. The molecule has 120 valence electrons. The molecule has 1 aliphatic rings. The van der Waals surface area contributed by atoms with Gasteiger partial charge < -0.3 is 0 Å². The number of pyridine rings is 1. The number of benzene rings is 3. The Hall–Kier alpha value is -2.93. The van der Waals surface area contributed by atoms with Gasteiger partial charge in [-0.1, -0.05) is 60.2 Å². The molecule has 0 atom stereocenters.